The highest BCUT2D eigenvalue weighted by molar-refractivity contribution is 7.38. The van der Waals surface area contributed by atoms with Crippen LogP contribution in [0.3, 0.4) is 0 Å². The lowest BCUT2D eigenvalue weighted by Crippen LogP contribution is -2.42. The second-order valence-electron chi connectivity index (χ2n) is 4.69. The van der Waals surface area contributed by atoms with E-state index in [-0.39, 0.29) is 5.92 Å². The topological polar surface area (TPSA) is 69.2 Å². The first-order chi connectivity index (χ1) is 9.62. The van der Waals surface area contributed by atoms with Crippen LogP contribution in [0.15, 0.2) is 30.3 Å². The van der Waals surface area contributed by atoms with Crippen molar-refractivity contribution in [3.63, 3.8) is 0 Å². The molecule has 0 fully saturated rings. The minimum Gasteiger partial charge on any atom is -0.357 e. The average Bonchev–Trinajstić information content (AvgIpc) is 2.63. The zero-order valence-corrected chi connectivity index (χ0v) is 12.9. The van der Waals surface area contributed by atoms with Gasteiger partial charge in [0.25, 0.3) is 0 Å². The Morgan fingerprint density at radius 1 is 1.14 bits per heavy atom. The molecule has 0 saturated heterocycles. The fourth-order valence-electron chi connectivity index (χ4n) is 1.98. The van der Waals surface area contributed by atoms with E-state index in [1.165, 1.54) is 0 Å². The second kappa shape index (κ2) is 7.42. The molecule has 0 spiro atoms. The molecule has 0 aliphatic heterocycles. The van der Waals surface area contributed by atoms with Gasteiger partial charge in [-0.05, 0) is 18.1 Å². The molecule has 0 amide bonds. The SMILES string of the molecule is CC(C)Cc1cc2ccccc2[s+]1C(F)(F)F.[O-][Cl+2]([O-])[O-]. The van der Waals surface area contributed by atoms with Gasteiger partial charge in [0.15, 0.2) is 9.58 Å². The van der Waals surface area contributed by atoms with E-state index in [0.29, 0.717) is 16.0 Å². The highest BCUT2D eigenvalue weighted by Crippen LogP contribution is 2.51. The van der Waals surface area contributed by atoms with E-state index in [4.69, 9.17) is 14.0 Å². The van der Waals surface area contributed by atoms with Crippen LogP contribution >= 0.6 is 10.5 Å². The Kier molecular flexibility index (Phi) is 6.42. The summed E-state index contributed by atoms with van der Waals surface area (Å²) < 4.78 is 65.0. The maximum atomic E-state index is 13.1. The number of hydrogen-bond donors (Lipinski definition) is 0. The van der Waals surface area contributed by atoms with Gasteiger partial charge in [0.1, 0.15) is 0 Å². The minimum atomic E-state index is -4.16. The van der Waals surface area contributed by atoms with Crippen LogP contribution in [0.5, 0.6) is 0 Å². The maximum Gasteiger partial charge on any atom is 0.600 e. The highest BCUT2D eigenvalue weighted by Gasteiger charge is 2.47. The van der Waals surface area contributed by atoms with Crippen molar-refractivity contribution in [2.75, 3.05) is 0 Å². The maximum absolute atomic E-state index is 13.1. The van der Waals surface area contributed by atoms with Gasteiger partial charge in [-0.15, -0.1) is 13.2 Å². The monoisotopic (exact) mass is 342 g/mol. The summed E-state index contributed by atoms with van der Waals surface area (Å²) in [6.07, 6.45) is 0.511. The average molecular weight is 343 g/mol. The van der Waals surface area contributed by atoms with Gasteiger partial charge in [0.05, 0.1) is 21.3 Å². The van der Waals surface area contributed by atoms with E-state index < -0.39 is 26.8 Å². The minimum absolute atomic E-state index is 0.243. The fraction of sp³-hybridized carbons (Fsp3) is 0.385. The van der Waals surface area contributed by atoms with Crippen molar-refractivity contribution in [1.29, 1.82) is 0 Å². The molecule has 21 heavy (non-hydrogen) atoms. The lowest BCUT2D eigenvalue weighted by Gasteiger charge is -2.02. The van der Waals surface area contributed by atoms with Crippen LogP contribution in [0.4, 0.5) is 13.2 Å². The fourth-order valence-corrected chi connectivity index (χ4v) is 4.13. The van der Waals surface area contributed by atoms with Crippen molar-refractivity contribution in [1.82, 2.24) is 0 Å². The molecule has 2 aromatic rings. The normalized spacial score (nSPS) is 12.8. The number of rotatable bonds is 2. The summed E-state index contributed by atoms with van der Waals surface area (Å²) >= 11 is 0. The van der Waals surface area contributed by atoms with Crippen LogP contribution in [0.2, 0.25) is 0 Å². The molecule has 0 saturated carbocycles. The molecule has 0 N–H and O–H groups in total. The van der Waals surface area contributed by atoms with Gasteiger partial charge in [-0.25, -0.2) is 0 Å². The first-order valence-corrected chi connectivity index (χ1v) is 8.11. The largest absolute Gasteiger partial charge is 0.600 e. The van der Waals surface area contributed by atoms with Gasteiger partial charge in [-0.2, -0.15) is 0 Å². The third kappa shape index (κ3) is 5.44. The predicted octanol–water partition coefficient (Wildman–Crippen LogP) is 1.70. The molecular weight excluding hydrogens is 329 g/mol. The molecule has 0 radical (unpaired) electrons. The molecule has 1 atom stereocenters. The summed E-state index contributed by atoms with van der Waals surface area (Å²) in [5, 5.41) is 0.726. The zero-order chi connectivity index (χ0) is 16.2. The van der Waals surface area contributed by atoms with Gasteiger partial charge < -0.3 is 14.0 Å². The van der Waals surface area contributed by atoms with Crippen molar-refractivity contribution in [3.8, 4) is 0 Å². The first kappa shape index (κ1) is 18.2. The van der Waals surface area contributed by atoms with Crippen molar-refractivity contribution in [2.45, 2.75) is 25.8 Å². The molecule has 0 aliphatic rings. The second-order valence-corrected chi connectivity index (χ2v) is 7.10. The van der Waals surface area contributed by atoms with Gasteiger partial charge in [-0.3, -0.25) is 0 Å². The van der Waals surface area contributed by atoms with Crippen LogP contribution in [-0.2, 0) is 11.9 Å². The molecule has 1 aromatic heterocycles. The van der Waals surface area contributed by atoms with E-state index in [1.54, 1.807) is 30.3 Å². The Balaban J connectivity index is 0.000000491. The third-order valence-corrected chi connectivity index (χ3v) is 4.64. The molecule has 1 aromatic carbocycles. The number of benzene rings is 1. The van der Waals surface area contributed by atoms with Gasteiger partial charge >= 0.3 is 5.51 Å². The molecule has 8 heteroatoms. The molecule has 0 bridgehead atoms. The summed E-state index contributed by atoms with van der Waals surface area (Å²) in [7, 11) is -4.57. The molecule has 1 heterocycles. The summed E-state index contributed by atoms with van der Waals surface area (Å²) in [6.45, 7) is 3.89. The summed E-state index contributed by atoms with van der Waals surface area (Å²) in [6, 6.07) is 8.53. The Morgan fingerprint density at radius 2 is 1.67 bits per heavy atom. The number of halogens is 4. The predicted molar refractivity (Wildman–Crippen MR) is 66.3 cm³/mol. The Bertz CT molecular complexity index is 579. The Morgan fingerprint density at radius 3 is 2.14 bits per heavy atom. The van der Waals surface area contributed by atoms with E-state index in [9.17, 15) is 13.2 Å². The van der Waals surface area contributed by atoms with Crippen LogP contribution in [0.1, 0.15) is 18.7 Å². The Hall–Kier alpha value is -0.860. The quantitative estimate of drug-likeness (QED) is 0.780. The molecule has 2 rings (SSSR count). The number of thiophene rings is 1. The van der Waals surface area contributed by atoms with Gasteiger partial charge in [0.2, 0.25) is 0 Å². The smallest absolute Gasteiger partial charge is 0.357 e. The number of hydrogen-bond acceptors (Lipinski definition) is 3. The summed E-state index contributed by atoms with van der Waals surface area (Å²) in [5.41, 5.74) is -4.16. The van der Waals surface area contributed by atoms with Crippen LogP contribution in [0.25, 0.3) is 10.1 Å². The van der Waals surface area contributed by atoms with Crippen molar-refractivity contribution >= 4 is 20.6 Å². The van der Waals surface area contributed by atoms with Crippen molar-refractivity contribution < 1.29 is 37.9 Å². The van der Waals surface area contributed by atoms with E-state index in [1.807, 2.05) is 13.8 Å². The molecular formula is C13H14ClF3O3S. The number of fused-ring (bicyclic) bond motifs is 1. The molecule has 3 nitrogen and oxygen atoms in total. The van der Waals surface area contributed by atoms with Gasteiger partial charge in [0, 0.05) is 17.9 Å². The zero-order valence-electron chi connectivity index (χ0n) is 11.3. The molecule has 0 aliphatic carbocycles. The lowest BCUT2D eigenvalue weighted by atomic mass is 10.1. The Labute approximate surface area is 126 Å². The molecule has 118 valence electrons. The van der Waals surface area contributed by atoms with Crippen LogP contribution in [0, 0.1) is 16.7 Å². The standard InChI is InChI=1S/C13H14F3S.ClO3/c1-9(2)7-11-8-10-5-3-4-6-12(10)17(11)13(14,15)16;2-1(3)4/h3-6,8-9H,7H2,1-2H3;/q+1;-1. The highest BCUT2D eigenvalue weighted by atomic mass is 35.6. The van der Waals surface area contributed by atoms with Crippen LogP contribution < -0.4 is 14.0 Å². The third-order valence-electron chi connectivity index (χ3n) is 2.56. The van der Waals surface area contributed by atoms with E-state index in [2.05, 4.69) is 0 Å². The molecule has 1 unspecified atom stereocenters. The van der Waals surface area contributed by atoms with Gasteiger partial charge in [-0.1, -0.05) is 26.0 Å². The summed E-state index contributed by atoms with van der Waals surface area (Å²) in [5.74, 6) is 0.243. The lowest BCUT2D eigenvalue weighted by molar-refractivity contribution is -1.73. The summed E-state index contributed by atoms with van der Waals surface area (Å²) in [4.78, 5) is 0.522. The number of alkyl halides is 3. The van der Waals surface area contributed by atoms with Crippen LogP contribution in [-0.4, -0.2) is 0 Å². The van der Waals surface area contributed by atoms with Crippen molar-refractivity contribution in [3.05, 3.63) is 35.2 Å². The van der Waals surface area contributed by atoms with E-state index in [0.717, 1.165) is 5.39 Å². The van der Waals surface area contributed by atoms with E-state index >= 15 is 0 Å². The van der Waals surface area contributed by atoms with Crippen molar-refractivity contribution in [2.24, 2.45) is 5.92 Å². The first-order valence-electron chi connectivity index (χ1n) is 5.96.